The molecule has 0 amide bonds. The van der Waals surface area contributed by atoms with E-state index in [-0.39, 0.29) is 25.7 Å². The molecule has 0 spiro atoms. The lowest BCUT2D eigenvalue weighted by atomic mass is 10.0. The molecule has 3 N–H and O–H groups in total. The van der Waals surface area contributed by atoms with Crippen molar-refractivity contribution < 1.29 is 80.2 Å². The van der Waals surface area contributed by atoms with Gasteiger partial charge in [0, 0.05) is 25.7 Å². The maximum absolute atomic E-state index is 13.0. The fourth-order valence-corrected chi connectivity index (χ4v) is 12.1. The quantitative estimate of drug-likeness (QED) is 0.0169. The first-order chi connectivity index (χ1) is 44.2. The second-order valence-electron chi connectivity index (χ2n) is 27.1. The average Bonchev–Trinajstić information content (AvgIpc) is 3.31. The van der Waals surface area contributed by atoms with Crippen LogP contribution in [0.3, 0.4) is 0 Å². The Morgan fingerprint density at radius 1 is 0.337 bits per heavy atom. The van der Waals surface area contributed by atoms with Crippen LogP contribution in [0.15, 0.2) is 24.3 Å². The van der Waals surface area contributed by atoms with E-state index in [1.54, 1.807) is 0 Å². The molecule has 0 aromatic rings. The van der Waals surface area contributed by atoms with Crippen LogP contribution < -0.4 is 0 Å². The summed E-state index contributed by atoms with van der Waals surface area (Å²) in [6, 6.07) is 0. The smallest absolute Gasteiger partial charge is 0.462 e. The normalized spacial score (nSPS) is 14.3. The Balaban J connectivity index is 5.28. The van der Waals surface area contributed by atoms with Gasteiger partial charge in [0.25, 0.3) is 0 Å². The summed E-state index contributed by atoms with van der Waals surface area (Å²) in [5.74, 6) is 0.0521. The van der Waals surface area contributed by atoms with E-state index in [1.165, 1.54) is 141 Å². The molecule has 0 aromatic carbocycles. The number of hydrogen-bond donors (Lipinski definition) is 3. The minimum atomic E-state index is -4.96. The van der Waals surface area contributed by atoms with Gasteiger partial charge in [-0.25, -0.2) is 9.13 Å². The summed E-state index contributed by atoms with van der Waals surface area (Å²) in [5.41, 5.74) is 0. The SMILES string of the molecule is CCCCCC/C=C\C=C/CCCCCCCC(=O)O[C@H](COC(=O)CCCCCCCCCCCCCCCC(C)C)COP(=O)(O)OCC(O)COP(=O)(O)OC[C@@H](COC(=O)CCCCCCCCCCC(C)C)OC(=O)CCCCCCCCCC(C)C. The number of ether oxygens (including phenoxy) is 4. The zero-order valence-corrected chi connectivity index (χ0v) is 61.3. The average molecular weight is 1350 g/mol. The second-order valence-corrected chi connectivity index (χ2v) is 30.0. The number of carbonyl (C=O) groups is 4. The van der Waals surface area contributed by atoms with Crippen molar-refractivity contribution in [2.75, 3.05) is 39.6 Å². The van der Waals surface area contributed by atoms with Crippen molar-refractivity contribution >= 4 is 39.5 Å². The molecular formula is C73H138O17P2. The van der Waals surface area contributed by atoms with E-state index >= 15 is 0 Å². The summed E-state index contributed by atoms with van der Waals surface area (Å²) in [6.07, 6.45) is 50.9. The van der Waals surface area contributed by atoms with Gasteiger partial charge in [-0.05, 0) is 69.1 Å². The Hall–Kier alpha value is -2.46. The molecule has 3 unspecified atom stereocenters. The number of aliphatic hydroxyl groups is 1. The molecule has 5 atom stereocenters. The van der Waals surface area contributed by atoms with Crippen molar-refractivity contribution in [2.24, 2.45) is 17.8 Å². The fraction of sp³-hybridized carbons (Fsp3) is 0.890. The standard InChI is InChI=1S/C73H138O17P2/c1-8-9-10-11-12-13-14-15-16-19-23-26-35-42-49-56-72(77)89-68(60-83-70(75)54-47-40-33-25-22-20-17-18-21-24-30-37-44-51-64(2)3)62-87-91(79,80)85-58-67(74)59-86-92(81,82)88-63-69(90-73(78)57-50-43-36-29-32-39-46-53-66(6)7)61-84-71(76)55-48-41-34-28-27-31-38-45-52-65(4)5/h13-16,64-69,74H,8-12,17-63H2,1-7H3,(H,79,80)(H,81,82)/b14-13-,16-15-/t67?,68-,69-/m1/s1. The Kier molecular flexibility index (Phi) is 61.6. The summed E-state index contributed by atoms with van der Waals surface area (Å²) < 4.78 is 68.3. The number of phosphoric ester groups is 2. The van der Waals surface area contributed by atoms with Crippen LogP contribution >= 0.6 is 15.6 Å². The molecule has 0 saturated heterocycles. The highest BCUT2D eigenvalue weighted by atomic mass is 31.2. The predicted octanol–water partition coefficient (Wildman–Crippen LogP) is 20.6. The molecule has 0 saturated carbocycles. The minimum absolute atomic E-state index is 0.0846. The number of aliphatic hydroxyl groups excluding tert-OH is 1. The van der Waals surface area contributed by atoms with Gasteiger partial charge < -0.3 is 33.8 Å². The first-order valence-corrected chi connectivity index (χ1v) is 40.2. The van der Waals surface area contributed by atoms with E-state index < -0.39 is 97.5 Å². The molecule has 0 fully saturated rings. The number of hydrogen-bond acceptors (Lipinski definition) is 15. The summed E-state index contributed by atoms with van der Waals surface area (Å²) in [6.45, 7) is 11.7. The Morgan fingerprint density at radius 3 is 0.880 bits per heavy atom. The lowest BCUT2D eigenvalue weighted by Crippen LogP contribution is -2.30. The molecular weight excluding hydrogens is 1210 g/mol. The predicted molar refractivity (Wildman–Crippen MR) is 372 cm³/mol. The molecule has 17 nitrogen and oxygen atoms in total. The first kappa shape index (κ1) is 89.5. The van der Waals surface area contributed by atoms with Crippen molar-refractivity contribution in [1.82, 2.24) is 0 Å². The molecule has 19 heteroatoms. The number of allylic oxidation sites excluding steroid dienone is 4. The van der Waals surface area contributed by atoms with Crippen LogP contribution in [0, 0.1) is 17.8 Å². The molecule has 92 heavy (non-hydrogen) atoms. The number of carbonyl (C=O) groups excluding carboxylic acids is 4. The van der Waals surface area contributed by atoms with E-state index in [4.69, 9.17) is 37.0 Å². The number of unbranched alkanes of at least 4 members (excludes halogenated alkanes) is 34. The molecule has 0 aromatic heterocycles. The van der Waals surface area contributed by atoms with Crippen molar-refractivity contribution in [3.63, 3.8) is 0 Å². The van der Waals surface area contributed by atoms with Crippen LogP contribution in [0.2, 0.25) is 0 Å². The number of rotatable bonds is 69. The van der Waals surface area contributed by atoms with Gasteiger partial charge in [-0.1, -0.05) is 291 Å². The molecule has 0 aliphatic heterocycles. The van der Waals surface area contributed by atoms with E-state index in [2.05, 4.69) is 72.8 Å². The van der Waals surface area contributed by atoms with Gasteiger partial charge in [-0.15, -0.1) is 0 Å². The zero-order valence-electron chi connectivity index (χ0n) is 59.5. The van der Waals surface area contributed by atoms with E-state index in [0.717, 1.165) is 115 Å². The van der Waals surface area contributed by atoms with Gasteiger partial charge in [0.15, 0.2) is 12.2 Å². The van der Waals surface area contributed by atoms with Crippen LogP contribution in [-0.4, -0.2) is 96.7 Å². The number of esters is 4. The third kappa shape index (κ3) is 66.2. The first-order valence-electron chi connectivity index (χ1n) is 37.2. The van der Waals surface area contributed by atoms with Gasteiger partial charge in [0.1, 0.15) is 19.3 Å². The Labute approximate surface area is 561 Å². The highest BCUT2D eigenvalue weighted by Crippen LogP contribution is 2.45. The highest BCUT2D eigenvalue weighted by molar-refractivity contribution is 7.47. The molecule has 0 rings (SSSR count). The van der Waals surface area contributed by atoms with Gasteiger partial charge in [-0.3, -0.25) is 37.3 Å². The van der Waals surface area contributed by atoms with E-state index in [1.807, 2.05) is 0 Å². The summed E-state index contributed by atoms with van der Waals surface area (Å²) in [7, 11) is -9.92. The maximum atomic E-state index is 13.0. The third-order valence-corrected chi connectivity index (χ3v) is 18.2. The maximum Gasteiger partial charge on any atom is 0.472 e. The molecule has 542 valence electrons. The lowest BCUT2D eigenvalue weighted by molar-refractivity contribution is -0.161. The Bertz CT molecular complexity index is 1890. The highest BCUT2D eigenvalue weighted by Gasteiger charge is 2.30. The third-order valence-electron chi connectivity index (χ3n) is 16.3. The summed E-state index contributed by atoms with van der Waals surface area (Å²) >= 11 is 0. The van der Waals surface area contributed by atoms with Crippen LogP contribution in [0.5, 0.6) is 0 Å². The summed E-state index contributed by atoms with van der Waals surface area (Å²) in [5, 5.41) is 10.6. The minimum Gasteiger partial charge on any atom is -0.462 e. The van der Waals surface area contributed by atoms with Crippen molar-refractivity contribution in [3.05, 3.63) is 24.3 Å². The van der Waals surface area contributed by atoms with Gasteiger partial charge in [0.05, 0.1) is 26.4 Å². The molecule has 0 heterocycles. The lowest BCUT2D eigenvalue weighted by Gasteiger charge is -2.21. The molecule has 0 bridgehead atoms. The van der Waals surface area contributed by atoms with E-state index in [9.17, 15) is 43.2 Å². The fourth-order valence-electron chi connectivity index (χ4n) is 10.5. The van der Waals surface area contributed by atoms with Gasteiger partial charge in [-0.2, -0.15) is 0 Å². The second kappa shape index (κ2) is 63.3. The van der Waals surface area contributed by atoms with Crippen molar-refractivity contribution in [2.45, 2.75) is 362 Å². The Morgan fingerprint density at radius 2 is 0.587 bits per heavy atom. The van der Waals surface area contributed by atoms with Crippen molar-refractivity contribution in [3.8, 4) is 0 Å². The topological polar surface area (TPSA) is 237 Å². The van der Waals surface area contributed by atoms with Crippen LogP contribution in [0.4, 0.5) is 0 Å². The van der Waals surface area contributed by atoms with Gasteiger partial charge in [0.2, 0.25) is 0 Å². The molecule has 0 aliphatic carbocycles. The van der Waals surface area contributed by atoms with Gasteiger partial charge >= 0.3 is 39.5 Å². The van der Waals surface area contributed by atoms with Crippen LogP contribution in [0.1, 0.15) is 344 Å². The van der Waals surface area contributed by atoms with Crippen LogP contribution in [0.25, 0.3) is 0 Å². The number of phosphoric acid groups is 2. The largest absolute Gasteiger partial charge is 0.472 e. The summed E-state index contributed by atoms with van der Waals surface area (Å²) in [4.78, 5) is 72.6. The molecule has 0 aliphatic rings. The monoisotopic (exact) mass is 1350 g/mol. The zero-order chi connectivity index (χ0) is 68.0. The van der Waals surface area contributed by atoms with Crippen LogP contribution in [-0.2, 0) is 65.4 Å². The van der Waals surface area contributed by atoms with Crippen molar-refractivity contribution in [1.29, 1.82) is 0 Å². The molecule has 0 radical (unpaired) electrons. The van der Waals surface area contributed by atoms with E-state index in [0.29, 0.717) is 31.6 Å².